The van der Waals surface area contributed by atoms with E-state index in [0.717, 1.165) is 39.3 Å². The fraction of sp³-hybridized carbons (Fsp3) is 0.600. The summed E-state index contributed by atoms with van der Waals surface area (Å²) in [7, 11) is 0. The summed E-state index contributed by atoms with van der Waals surface area (Å²) >= 11 is 0. The van der Waals surface area contributed by atoms with Crippen LogP contribution < -0.4 is 5.32 Å². The number of piperazine rings is 1. The van der Waals surface area contributed by atoms with Crippen molar-refractivity contribution in [3.05, 3.63) is 35.9 Å². The van der Waals surface area contributed by atoms with Gasteiger partial charge in [0, 0.05) is 50.9 Å². The molecular formula is C15H21F2N3. The molecule has 1 N–H and O–H groups in total. The number of hydrogen-bond acceptors (Lipinski definition) is 3. The number of alkyl halides is 2. The van der Waals surface area contributed by atoms with Crippen LogP contribution in [0.15, 0.2) is 30.3 Å². The molecule has 0 atom stereocenters. The SMILES string of the molecule is FC(F)(CN1CCN(C2CNC2)CC1)c1ccccc1. The van der Waals surface area contributed by atoms with Gasteiger partial charge in [0.15, 0.2) is 0 Å². The lowest BCUT2D eigenvalue weighted by molar-refractivity contribution is -0.0514. The summed E-state index contributed by atoms with van der Waals surface area (Å²) in [5.41, 5.74) is 0.116. The van der Waals surface area contributed by atoms with Gasteiger partial charge in [0.2, 0.25) is 0 Å². The van der Waals surface area contributed by atoms with Crippen molar-refractivity contribution in [3.8, 4) is 0 Å². The van der Waals surface area contributed by atoms with Crippen molar-refractivity contribution < 1.29 is 8.78 Å². The Morgan fingerprint density at radius 1 is 1.05 bits per heavy atom. The van der Waals surface area contributed by atoms with E-state index in [1.165, 1.54) is 12.1 Å². The Labute approximate surface area is 118 Å². The maximum Gasteiger partial charge on any atom is 0.285 e. The minimum Gasteiger partial charge on any atom is -0.314 e. The molecular weight excluding hydrogens is 260 g/mol. The number of nitrogens with one attached hydrogen (secondary N) is 1. The van der Waals surface area contributed by atoms with E-state index in [1.54, 1.807) is 18.2 Å². The molecule has 0 amide bonds. The van der Waals surface area contributed by atoms with Gasteiger partial charge in [-0.3, -0.25) is 9.80 Å². The molecule has 0 aliphatic carbocycles. The minimum absolute atomic E-state index is 0.116. The van der Waals surface area contributed by atoms with Crippen LogP contribution in [0, 0.1) is 0 Å². The fourth-order valence-electron chi connectivity index (χ4n) is 2.87. The molecule has 0 spiro atoms. The van der Waals surface area contributed by atoms with Crippen LogP contribution in [0.3, 0.4) is 0 Å². The van der Waals surface area contributed by atoms with Gasteiger partial charge in [-0.05, 0) is 0 Å². The molecule has 2 saturated heterocycles. The van der Waals surface area contributed by atoms with Crippen molar-refractivity contribution in [1.82, 2.24) is 15.1 Å². The summed E-state index contributed by atoms with van der Waals surface area (Å²) in [5, 5.41) is 3.25. The van der Waals surface area contributed by atoms with Gasteiger partial charge >= 0.3 is 0 Å². The Bertz CT molecular complexity index is 426. The van der Waals surface area contributed by atoms with E-state index in [0.29, 0.717) is 6.04 Å². The third-order valence-corrected chi connectivity index (χ3v) is 4.30. The van der Waals surface area contributed by atoms with Crippen LogP contribution >= 0.6 is 0 Å². The molecule has 3 rings (SSSR count). The van der Waals surface area contributed by atoms with Crippen LogP contribution in [0.2, 0.25) is 0 Å². The molecule has 1 aromatic carbocycles. The van der Waals surface area contributed by atoms with Crippen molar-refractivity contribution >= 4 is 0 Å². The lowest BCUT2D eigenvalue weighted by Crippen LogP contribution is -2.62. The summed E-state index contributed by atoms with van der Waals surface area (Å²) in [6.45, 7) is 5.18. The molecule has 110 valence electrons. The Kier molecular flexibility index (Phi) is 4.01. The summed E-state index contributed by atoms with van der Waals surface area (Å²) in [6, 6.07) is 8.75. The largest absolute Gasteiger partial charge is 0.314 e. The molecule has 2 fully saturated rings. The Balaban J connectivity index is 1.53. The van der Waals surface area contributed by atoms with Gasteiger partial charge in [-0.25, -0.2) is 0 Å². The van der Waals surface area contributed by atoms with E-state index in [-0.39, 0.29) is 12.1 Å². The summed E-state index contributed by atoms with van der Waals surface area (Å²) in [5.74, 6) is -2.76. The summed E-state index contributed by atoms with van der Waals surface area (Å²) < 4.78 is 28.4. The predicted molar refractivity (Wildman–Crippen MR) is 75.0 cm³/mol. The first kappa shape index (κ1) is 13.9. The molecule has 5 heteroatoms. The van der Waals surface area contributed by atoms with Crippen molar-refractivity contribution in [3.63, 3.8) is 0 Å². The van der Waals surface area contributed by atoms with Crippen molar-refractivity contribution in [2.24, 2.45) is 0 Å². The molecule has 0 saturated carbocycles. The lowest BCUT2D eigenvalue weighted by Gasteiger charge is -2.43. The third kappa shape index (κ3) is 3.00. The average Bonchev–Trinajstić information content (AvgIpc) is 2.40. The van der Waals surface area contributed by atoms with Crippen molar-refractivity contribution in [2.75, 3.05) is 45.8 Å². The van der Waals surface area contributed by atoms with Crippen LogP contribution in [0.1, 0.15) is 5.56 Å². The van der Waals surface area contributed by atoms with Gasteiger partial charge in [-0.1, -0.05) is 30.3 Å². The second-order valence-corrected chi connectivity index (χ2v) is 5.69. The Hall–Kier alpha value is -1.04. The Morgan fingerprint density at radius 2 is 1.70 bits per heavy atom. The maximum absolute atomic E-state index is 14.2. The first-order valence-electron chi connectivity index (χ1n) is 7.26. The van der Waals surface area contributed by atoms with Gasteiger partial charge in [-0.2, -0.15) is 8.78 Å². The monoisotopic (exact) mass is 281 g/mol. The van der Waals surface area contributed by atoms with Gasteiger partial charge in [0.1, 0.15) is 0 Å². The van der Waals surface area contributed by atoms with Crippen LogP contribution in [-0.4, -0.2) is 61.7 Å². The quantitative estimate of drug-likeness (QED) is 0.899. The summed E-state index contributed by atoms with van der Waals surface area (Å²) in [4.78, 5) is 4.29. The number of hydrogen-bond donors (Lipinski definition) is 1. The summed E-state index contributed by atoms with van der Waals surface area (Å²) in [6.07, 6.45) is 0. The number of nitrogens with zero attached hydrogens (tertiary/aromatic N) is 2. The van der Waals surface area contributed by atoms with Gasteiger partial charge in [0.25, 0.3) is 5.92 Å². The molecule has 0 bridgehead atoms. The lowest BCUT2D eigenvalue weighted by atomic mass is 10.1. The smallest absolute Gasteiger partial charge is 0.285 e. The van der Waals surface area contributed by atoms with Crippen molar-refractivity contribution in [2.45, 2.75) is 12.0 Å². The normalized spacial score (nSPS) is 22.7. The first-order valence-corrected chi connectivity index (χ1v) is 7.26. The molecule has 20 heavy (non-hydrogen) atoms. The maximum atomic E-state index is 14.2. The topological polar surface area (TPSA) is 18.5 Å². The zero-order valence-corrected chi connectivity index (χ0v) is 11.6. The molecule has 3 nitrogen and oxygen atoms in total. The number of halogens is 2. The zero-order valence-electron chi connectivity index (χ0n) is 11.6. The third-order valence-electron chi connectivity index (χ3n) is 4.30. The second kappa shape index (κ2) is 5.76. The highest BCUT2D eigenvalue weighted by molar-refractivity contribution is 5.20. The van der Waals surface area contributed by atoms with Crippen LogP contribution in [-0.2, 0) is 5.92 Å². The molecule has 1 aromatic rings. The predicted octanol–water partition coefficient (Wildman–Crippen LogP) is 1.37. The molecule has 0 radical (unpaired) electrons. The van der Waals surface area contributed by atoms with Crippen molar-refractivity contribution in [1.29, 1.82) is 0 Å². The minimum atomic E-state index is -2.76. The molecule has 0 unspecified atom stereocenters. The van der Waals surface area contributed by atoms with Crippen LogP contribution in [0.5, 0.6) is 0 Å². The van der Waals surface area contributed by atoms with E-state index in [9.17, 15) is 8.78 Å². The average molecular weight is 281 g/mol. The second-order valence-electron chi connectivity index (χ2n) is 5.69. The number of benzene rings is 1. The number of rotatable bonds is 4. The Morgan fingerprint density at radius 3 is 2.25 bits per heavy atom. The first-order chi connectivity index (χ1) is 9.65. The fourth-order valence-corrected chi connectivity index (χ4v) is 2.87. The van der Waals surface area contributed by atoms with E-state index in [4.69, 9.17) is 0 Å². The zero-order chi connectivity index (χ0) is 14.0. The highest BCUT2D eigenvalue weighted by atomic mass is 19.3. The molecule has 0 aromatic heterocycles. The van der Waals surface area contributed by atoms with Crippen LogP contribution in [0.4, 0.5) is 8.78 Å². The van der Waals surface area contributed by atoms with Gasteiger partial charge in [0.05, 0.1) is 6.54 Å². The molecule has 2 aliphatic rings. The highest BCUT2D eigenvalue weighted by Crippen LogP contribution is 2.29. The van der Waals surface area contributed by atoms with E-state index >= 15 is 0 Å². The van der Waals surface area contributed by atoms with E-state index < -0.39 is 5.92 Å². The van der Waals surface area contributed by atoms with Gasteiger partial charge in [-0.15, -0.1) is 0 Å². The molecule has 2 aliphatic heterocycles. The van der Waals surface area contributed by atoms with Gasteiger partial charge < -0.3 is 5.32 Å². The van der Waals surface area contributed by atoms with E-state index in [2.05, 4.69) is 10.2 Å². The van der Waals surface area contributed by atoms with Crippen LogP contribution in [0.25, 0.3) is 0 Å². The highest BCUT2D eigenvalue weighted by Gasteiger charge is 2.36. The standard InChI is InChI=1S/C15H21F2N3/c16-15(17,13-4-2-1-3-5-13)12-19-6-8-20(9-7-19)14-10-18-11-14/h1-5,14,18H,6-12H2. The molecule has 2 heterocycles. The van der Waals surface area contributed by atoms with E-state index in [1.807, 2.05) is 4.90 Å².